The van der Waals surface area contributed by atoms with Crippen LogP contribution in [0.3, 0.4) is 0 Å². The van der Waals surface area contributed by atoms with Gasteiger partial charge in [-0.15, -0.1) is 0 Å². The molecule has 6 N–H and O–H groups in total. The molecule has 0 bridgehead atoms. The number of carbonyl (C=O) groups is 4. The van der Waals surface area contributed by atoms with Crippen LogP contribution in [0.2, 0.25) is 0 Å². The molecule has 0 fully saturated rings. The molecule has 50 heavy (non-hydrogen) atoms. The lowest BCUT2D eigenvalue weighted by Gasteiger charge is -2.18. The van der Waals surface area contributed by atoms with Crippen LogP contribution in [0.4, 0.5) is 0 Å². The molecule has 0 aliphatic carbocycles. The number of carbonyl (C=O) groups excluding carboxylic acids is 4. The van der Waals surface area contributed by atoms with Gasteiger partial charge in [-0.2, -0.15) is 5.26 Å². The van der Waals surface area contributed by atoms with Gasteiger partial charge in [-0.05, 0) is 44.0 Å². The summed E-state index contributed by atoms with van der Waals surface area (Å²) >= 11 is 0. The van der Waals surface area contributed by atoms with Crippen LogP contribution < -0.4 is 30.7 Å². The number of aromatic nitrogens is 2. The second-order valence-corrected chi connectivity index (χ2v) is 10.7. The van der Waals surface area contributed by atoms with E-state index in [4.69, 9.17) is 19.5 Å². The Labute approximate surface area is 290 Å². The maximum Gasteiger partial charge on any atom is 0.271 e. The lowest BCUT2D eigenvalue weighted by molar-refractivity contribution is 0.0784. The molecular formula is C36H43N7O7. The third-order valence-electron chi connectivity index (χ3n) is 7.21. The van der Waals surface area contributed by atoms with Crippen molar-refractivity contribution in [1.29, 1.82) is 5.26 Å². The van der Waals surface area contributed by atoms with Gasteiger partial charge in [0.1, 0.15) is 35.0 Å². The number of hydrogen-bond donors (Lipinski definition) is 6. The highest BCUT2D eigenvalue weighted by molar-refractivity contribution is 6.00. The zero-order valence-corrected chi connectivity index (χ0v) is 28.9. The van der Waals surface area contributed by atoms with E-state index in [1.165, 1.54) is 26.2 Å². The van der Waals surface area contributed by atoms with Gasteiger partial charge < -0.3 is 45.4 Å². The van der Waals surface area contributed by atoms with Crippen LogP contribution in [0.15, 0.2) is 66.7 Å². The molecule has 2 heterocycles. The number of nitrogens with zero attached hydrogens (tertiary/aromatic N) is 1. The molecule has 4 rings (SSSR count). The van der Waals surface area contributed by atoms with Gasteiger partial charge in [0.25, 0.3) is 23.6 Å². The molecule has 4 amide bonds. The molecule has 14 heteroatoms. The van der Waals surface area contributed by atoms with Gasteiger partial charge in [0.05, 0.1) is 18.2 Å². The Morgan fingerprint density at radius 3 is 1.68 bits per heavy atom. The molecule has 2 aromatic heterocycles. The van der Waals surface area contributed by atoms with E-state index < -0.39 is 6.10 Å². The molecule has 264 valence electrons. The topological polar surface area (TPSA) is 199 Å². The fourth-order valence-electron chi connectivity index (χ4n) is 4.66. The molecular weight excluding hydrogens is 642 g/mol. The summed E-state index contributed by atoms with van der Waals surface area (Å²) in [6, 6.07) is 21.6. The fraction of sp³-hybridized carbons (Fsp3) is 0.306. The predicted molar refractivity (Wildman–Crippen MR) is 186 cm³/mol. The third-order valence-corrected chi connectivity index (χ3v) is 7.21. The van der Waals surface area contributed by atoms with E-state index in [1.54, 1.807) is 31.4 Å². The van der Waals surface area contributed by atoms with E-state index in [2.05, 4.69) is 37.3 Å². The molecule has 0 aliphatic rings. The molecule has 2 unspecified atom stereocenters. The van der Waals surface area contributed by atoms with Crippen molar-refractivity contribution in [2.45, 2.75) is 33.0 Å². The van der Waals surface area contributed by atoms with Crippen LogP contribution in [0.1, 0.15) is 91.6 Å². The van der Waals surface area contributed by atoms with Gasteiger partial charge in [0, 0.05) is 46.4 Å². The van der Waals surface area contributed by atoms with Crippen LogP contribution in [-0.4, -0.2) is 74.5 Å². The van der Waals surface area contributed by atoms with E-state index in [-0.39, 0.29) is 58.3 Å². The van der Waals surface area contributed by atoms with Crippen molar-refractivity contribution in [2.24, 2.45) is 0 Å². The summed E-state index contributed by atoms with van der Waals surface area (Å²) in [7, 11) is 4.60. The van der Waals surface area contributed by atoms with E-state index in [1.807, 2.05) is 51.1 Å². The second kappa shape index (κ2) is 19.1. The average Bonchev–Trinajstić information content (AvgIpc) is 3.76. The maximum absolute atomic E-state index is 12.1. The number of methoxy groups -OCH3 is 1. The Kier molecular flexibility index (Phi) is 14.6. The molecule has 2 atom stereocenters. The zero-order valence-electron chi connectivity index (χ0n) is 28.9. The van der Waals surface area contributed by atoms with Crippen LogP contribution in [0.5, 0.6) is 11.5 Å². The summed E-state index contributed by atoms with van der Waals surface area (Å²) in [5, 5.41) is 19.3. The van der Waals surface area contributed by atoms with Crippen molar-refractivity contribution in [1.82, 2.24) is 31.2 Å². The van der Waals surface area contributed by atoms with Crippen LogP contribution in [0, 0.1) is 11.3 Å². The van der Waals surface area contributed by atoms with E-state index in [9.17, 15) is 19.2 Å². The quantitative estimate of drug-likeness (QED) is 0.114. The lowest BCUT2D eigenvalue weighted by atomic mass is 10.1. The molecule has 0 aliphatic heterocycles. The molecule has 0 radical (unpaired) electrons. The number of amides is 4. The van der Waals surface area contributed by atoms with Crippen molar-refractivity contribution < 1.29 is 33.4 Å². The molecule has 14 nitrogen and oxygen atoms in total. The summed E-state index contributed by atoms with van der Waals surface area (Å²) < 4.78 is 17.1. The minimum atomic E-state index is -0.410. The van der Waals surface area contributed by atoms with Crippen molar-refractivity contribution in [3.63, 3.8) is 0 Å². The Morgan fingerprint density at radius 1 is 0.740 bits per heavy atom. The highest BCUT2D eigenvalue weighted by Gasteiger charge is 2.24. The van der Waals surface area contributed by atoms with Gasteiger partial charge in [-0.1, -0.05) is 42.5 Å². The smallest absolute Gasteiger partial charge is 0.271 e. The summed E-state index contributed by atoms with van der Waals surface area (Å²) in [5.74, 6) is -0.768. The van der Waals surface area contributed by atoms with Crippen LogP contribution in [-0.2, 0) is 4.74 Å². The monoisotopic (exact) mass is 685 g/mol. The highest BCUT2D eigenvalue weighted by atomic mass is 16.5. The number of nitrogens with one attached hydrogen (secondary N) is 6. The molecule has 2 aromatic carbocycles. The summed E-state index contributed by atoms with van der Waals surface area (Å²) in [5.41, 5.74) is 3.21. The summed E-state index contributed by atoms with van der Waals surface area (Å²) in [6.07, 6.45) is -0.776. The van der Waals surface area contributed by atoms with Gasteiger partial charge in [-0.3, -0.25) is 19.2 Å². The minimum absolute atomic E-state index is 0.184. The van der Waals surface area contributed by atoms with Crippen LogP contribution >= 0.6 is 0 Å². The Balaban J connectivity index is 0.000000270. The number of hydrogen-bond acceptors (Lipinski definition) is 8. The SMILES string of the molecule is CCNC(=O)c1cc(OC(C)c2ccc(C#N)cc2)c(C(=O)NC)[nH]1.CCNC(=O)c1cc(OC(COC)c2ccccc2)c(C(=O)NC)[nH]1. The van der Waals surface area contributed by atoms with Gasteiger partial charge in [0.15, 0.2) is 11.5 Å². The third kappa shape index (κ3) is 10.2. The lowest BCUT2D eigenvalue weighted by Crippen LogP contribution is -2.24. The van der Waals surface area contributed by atoms with E-state index in [0.29, 0.717) is 31.0 Å². The Hall–Kier alpha value is -6.07. The number of aromatic amines is 2. The molecule has 0 saturated carbocycles. The van der Waals surface area contributed by atoms with Crippen molar-refractivity contribution in [2.75, 3.05) is 40.9 Å². The van der Waals surface area contributed by atoms with Crippen molar-refractivity contribution in [3.8, 4) is 17.6 Å². The molecule has 0 spiro atoms. The van der Waals surface area contributed by atoms with Gasteiger partial charge in [0.2, 0.25) is 0 Å². The average molecular weight is 686 g/mol. The Morgan fingerprint density at radius 2 is 1.24 bits per heavy atom. The predicted octanol–water partition coefficient (Wildman–Crippen LogP) is 4.03. The van der Waals surface area contributed by atoms with Gasteiger partial charge in [-0.25, -0.2) is 0 Å². The number of nitriles is 1. The standard InChI is InChI=1S/C18H20N4O3.C18H23N3O4/c1-4-21-17(23)14-9-15(16(22-14)18(24)20-3)25-11(2)13-7-5-12(10-19)6-8-13;1-4-20-17(22)13-10-14(16(21-13)18(23)19-2)25-15(11-24-3)12-8-6-5-7-9-12/h5-9,11,22H,4H2,1-3H3,(H,20,24)(H,21,23);5-10,15,21H,4,11H2,1-3H3,(H,19,23)(H,20,22). The largest absolute Gasteiger partial charge is 0.484 e. The second-order valence-electron chi connectivity index (χ2n) is 10.7. The zero-order chi connectivity index (χ0) is 36.6. The van der Waals surface area contributed by atoms with E-state index in [0.717, 1.165) is 11.1 Å². The fourth-order valence-corrected chi connectivity index (χ4v) is 4.66. The van der Waals surface area contributed by atoms with E-state index >= 15 is 0 Å². The number of rotatable bonds is 14. The minimum Gasteiger partial charge on any atom is -0.484 e. The number of H-pyrrole nitrogens is 2. The maximum atomic E-state index is 12.1. The molecule has 0 saturated heterocycles. The first-order chi connectivity index (χ1) is 24.1. The van der Waals surface area contributed by atoms with Crippen LogP contribution in [0.25, 0.3) is 0 Å². The molecule has 4 aromatic rings. The van der Waals surface area contributed by atoms with Crippen molar-refractivity contribution >= 4 is 23.6 Å². The normalized spacial score (nSPS) is 11.5. The first kappa shape index (κ1) is 38.4. The first-order valence-electron chi connectivity index (χ1n) is 15.9. The summed E-state index contributed by atoms with van der Waals surface area (Å²) in [6.45, 7) is 6.73. The van der Waals surface area contributed by atoms with Crippen molar-refractivity contribution in [3.05, 3.63) is 106 Å². The summed E-state index contributed by atoms with van der Waals surface area (Å²) in [4.78, 5) is 53.8. The number of benzene rings is 2. The first-order valence-corrected chi connectivity index (χ1v) is 15.9. The van der Waals surface area contributed by atoms with Gasteiger partial charge >= 0.3 is 0 Å². The Bertz CT molecular complexity index is 1780. The highest BCUT2D eigenvalue weighted by Crippen LogP contribution is 2.28. The number of ether oxygens (including phenoxy) is 3.